The van der Waals surface area contributed by atoms with Crippen molar-refractivity contribution in [1.29, 1.82) is 0 Å². The largest absolute Gasteiger partial charge is 0.366 e. The minimum atomic E-state index is -0.352. The van der Waals surface area contributed by atoms with Crippen LogP contribution in [0.3, 0.4) is 0 Å². The van der Waals surface area contributed by atoms with Crippen LogP contribution in [0.2, 0.25) is 0 Å². The van der Waals surface area contributed by atoms with Crippen molar-refractivity contribution in [2.45, 2.75) is 59.4 Å². The molecule has 0 unspecified atom stereocenters. The first-order valence-corrected chi connectivity index (χ1v) is 8.53. The number of pyridine rings is 1. The van der Waals surface area contributed by atoms with Crippen LogP contribution in [0.25, 0.3) is 11.1 Å². The quantitative estimate of drug-likeness (QED) is 0.797. The molecule has 0 spiro atoms. The number of nitrogens with two attached hydrogens (primary N) is 1. The summed E-state index contributed by atoms with van der Waals surface area (Å²) in [6.45, 7) is 7.31. The molecule has 0 bridgehead atoms. The van der Waals surface area contributed by atoms with Crippen LogP contribution in [0.4, 0.5) is 0 Å². The number of nitrogens with zero attached hydrogens (tertiary/aromatic N) is 2. The molecule has 4 nitrogen and oxygen atoms in total. The minimum Gasteiger partial charge on any atom is -0.366 e. The second-order valence-corrected chi connectivity index (χ2v) is 6.00. The molecule has 124 valence electrons. The average molecular weight is 313 g/mol. The highest BCUT2D eigenvalue weighted by molar-refractivity contribution is 6.02. The minimum absolute atomic E-state index is 0.352. The van der Waals surface area contributed by atoms with E-state index in [0.717, 1.165) is 55.5 Å². The second-order valence-electron chi connectivity index (χ2n) is 6.00. The van der Waals surface area contributed by atoms with Gasteiger partial charge in [-0.2, -0.15) is 0 Å². The zero-order chi connectivity index (χ0) is 16.8. The maximum atomic E-state index is 12.1. The van der Waals surface area contributed by atoms with Crippen molar-refractivity contribution in [1.82, 2.24) is 9.55 Å². The van der Waals surface area contributed by atoms with E-state index in [9.17, 15) is 4.79 Å². The van der Waals surface area contributed by atoms with E-state index >= 15 is 0 Å². The molecule has 0 aromatic carbocycles. The highest BCUT2D eigenvalue weighted by atomic mass is 16.1. The summed E-state index contributed by atoms with van der Waals surface area (Å²) in [5, 5.41) is 0. The van der Waals surface area contributed by atoms with Crippen LogP contribution in [0.1, 0.15) is 61.3 Å². The maximum absolute atomic E-state index is 12.1. The summed E-state index contributed by atoms with van der Waals surface area (Å²) in [6.07, 6.45) is 8.97. The van der Waals surface area contributed by atoms with Crippen molar-refractivity contribution in [3.8, 4) is 11.1 Å². The van der Waals surface area contributed by atoms with Gasteiger partial charge in [0.05, 0.1) is 5.56 Å². The fourth-order valence-electron chi connectivity index (χ4n) is 3.14. The smallest absolute Gasteiger partial charge is 0.251 e. The van der Waals surface area contributed by atoms with Gasteiger partial charge in [0, 0.05) is 41.5 Å². The molecule has 4 heteroatoms. The van der Waals surface area contributed by atoms with Gasteiger partial charge < -0.3 is 10.3 Å². The van der Waals surface area contributed by atoms with Crippen molar-refractivity contribution in [2.24, 2.45) is 5.73 Å². The number of carbonyl (C=O) groups excluding carboxylic acids is 1. The fraction of sp³-hybridized carbons (Fsp3) is 0.474. The normalized spacial score (nSPS) is 10.9. The van der Waals surface area contributed by atoms with Crippen molar-refractivity contribution in [3.05, 3.63) is 41.5 Å². The van der Waals surface area contributed by atoms with E-state index in [0.29, 0.717) is 5.56 Å². The third-order valence-electron chi connectivity index (χ3n) is 4.33. The van der Waals surface area contributed by atoms with Gasteiger partial charge in [-0.3, -0.25) is 9.78 Å². The van der Waals surface area contributed by atoms with Gasteiger partial charge >= 0.3 is 0 Å². The topological polar surface area (TPSA) is 60.9 Å². The molecular weight excluding hydrogens is 286 g/mol. The number of hydrogen-bond acceptors (Lipinski definition) is 2. The number of hydrogen-bond donors (Lipinski definition) is 1. The van der Waals surface area contributed by atoms with Crippen LogP contribution in [-0.4, -0.2) is 15.5 Å². The molecule has 2 N–H and O–H groups in total. The monoisotopic (exact) mass is 313 g/mol. The van der Waals surface area contributed by atoms with Crippen LogP contribution in [-0.2, 0) is 13.0 Å². The molecular formula is C19H27N3O. The number of carbonyl (C=O) groups is 1. The van der Waals surface area contributed by atoms with Crippen molar-refractivity contribution >= 4 is 5.91 Å². The Morgan fingerprint density at radius 2 is 2.00 bits per heavy atom. The Bertz CT molecular complexity index is 659. The zero-order valence-electron chi connectivity index (χ0n) is 14.4. The van der Waals surface area contributed by atoms with Gasteiger partial charge in [0.1, 0.15) is 0 Å². The molecule has 0 fully saturated rings. The van der Waals surface area contributed by atoms with Gasteiger partial charge in [0.25, 0.3) is 5.91 Å². The molecule has 0 radical (unpaired) electrons. The lowest BCUT2D eigenvalue weighted by atomic mass is 9.99. The maximum Gasteiger partial charge on any atom is 0.251 e. The Kier molecular flexibility index (Phi) is 5.97. The van der Waals surface area contributed by atoms with Crippen molar-refractivity contribution < 1.29 is 4.79 Å². The summed E-state index contributed by atoms with van der Waals surface area (Å²) >= 11 is 0. The van der Waals surface area contributed by atoms with Crippen LogP contribution in [0, 0.1) is 6.92 Å². The summed E-state index contributed by atoms with van der Waals surface area (Å²) in [4.78, 5) is 16.3. The van der Waals surface area contributed by atoms with Gasteiger partial charge in [-0.15, -0.1) is 0 Å². The average Bonchev–Trinajstić information content (AvgIpc) is 2.83. The molecule has 0 aliphatic rings. The van der Waals surface area contributed by atoms with Gasteiger partial charge in [-0.25, -0.2) is 0 Å². The lowest BCUT2D eigenvalue weighted by Gasteiger charge is -2.12. The Labute approximate surface area is 138 Å². The lowest BCUT2D eigenvalue weighted by Crippen LogP contribution is -2.13. The fourth-order valence-corrected chi connectivity index (χ4v) is 3.14. The summed E-state index contributed by atoms with van der Waals surface area (Å²) < 4.78 is 2.29. The van der Waals surface area contributed by atoms with Crippen LogP contribution < -0.4 is 5.73 Å². The molecule has 0 saturated heterocycles. The molecule has 0 atom stereocenters. The molecule has 0 aliphatic heterocycles. The third kappa shape index (κ3) is 3.63. The summed E-state index contributed by atoms with van der Waals surface area (Å²) in [6, 6.07) is 3.91. The molecule has 2 aromatic heterocycles. The first-order valence-electron chi connectivity index (χ1n) is 8.53. The summed E-state index contributed by atoms with van der Waals surface area (Å²) in [5.74, 6) is -0.352. The first-order chi connectivity index (χ1) is 11.1. The van der Waals surface area contributed by atoms with Gasteiger partial charge in [-0.05, 0) is 32.3 Å². The van der Waals surface area contributed by atoms with Gasteiger partial charge in [-0.1, -0.05) is 32.8 Å². The highest BCUT2D eigenvalue weighted by Crippen LogP contribution is 2.33. The SMILES string of the molecule is CCCCc1c(-c2cccnc2)c(C(N)=O)c(C)n1CCCC. The molecule has 2 rings (SSSR count). The number of amides is 1. The molecule has 0 saturated carbocycles. The Balaban J connectivity index is 2.66. The number of unbranched alkanes of at least 4 members (excludes halogenated alkanes) is 2. The lowest BCUT2D eigenvalue weighted by molar-refractivity contribution is 0.1000. The van der Waals surface area contributed by atoms with E-state index in [-0.39, 0.29) is 5.91 Å². The Morgan fingerprint density at radius 3 is 2.57 bits per heavy atom. The number of rotatable bonds is 8. The van der Waals surface area contributed by atoms with E-state index < -0.39 is 0 Å². The van der Waals surface area contributed by atoms with E-state index in [2.05, 4.69) is 23.4 Å². The Morgan fingerprint density at radius 1 is 1.26 bits per heavy atom. The van der Waals surface area contributed by atoms with Crippen LogP contribution in [0.15, 0.2) is 24.5 Å². The van der Waals surface area contributed by atoms with E-state index in [1.807, 2.05) is 25.3 Å². The van der Waals surface area contributed by atoms with Crippen LogP contribution in [0.5, 0.6) is 0 Å². The molecule has 2 aromatic rings. The van der Waals surface area contributed by atoms with Crippen molar-refractivity contribution in [2.75, 3.05) is 0 Å². The highest BCUT2D eigenvalue weighted by Gasteiger charge is 2.24. The standard InChI is InChI=1S/C19H27N3O/c1-4-6-10-16-18(15-9-8-11-21-13-15)17(19(20)23)14(3)22(16)12-7-5-2/h8-9,11,13H,4-7,10,12H2,1-3H3,(H2,20,23). The predicted octanol–water partition coefficient (Wildman–Crippen LogP) is 4.10. The molecule has 1 amide bonds. The van der Waals surface area contributed by atoms with E-state index in [1.165, 1.54) is 5.69 Å². The van der Waals surface area contributed by atoms with Crippen molar-refractivity contribution in [3.63, 3.8) is 0 Å². The molecule has 23 heavy (non-hydrogen) atoms. The summed E-state index contributed by atoms with van der Waals surface area (Å²) in [7, 11) is 0. The first kappa shape index (κ1) is 17.3. The van der Waals surface area contributed by atoms with Gasteiger partial charge in [0.15, 0.2) is 0 Å². The third-order valence-corrected chi connectivity index (χ3v) is 4.33. The summed E-state index contributed by atoms with van der Waals surface area (Å²) in [5.41, 5.74) is 10.5. The Hall–Kier alpha value is -2.10. The van der Waals surface area contributed by atoms with E-state index in [4.69, 9.17) is 5.73 Å². The molecule has 0 aliphatic carbocycles. The number of primary amides is 1. The van der Waals surface area contributed by atoms with E-state index in [1.54, 1.807) is 6.20 Å². The van der Waals surface area contributed by atoms with Gasteiger partial charge in [0.2, 0.25) is 0 Å². The predicted molar refractivity (Wildman–Crippen MR) is 94.4 cm³/mol. The zero-order valence-corrected chi connectivity index (χ0v) is 14.4. The molecule has 2 heterocycles. The second kappa shape index (κ2) is 7.95. The number of aromatic nitrogens is 2. The van der Waals surface area contributed by atoms with Crippen LogP contribution >= 0.6 is 0 Å².